The van der Waals surface area contributed by atoms with E-state index in [-0.39, 0.29) is 12.0 Å². The zero-order valence-electron chi connectivity index (χ0n) is 14.1. The van der Waals surface area contributed by atoms with Gasteiger partial charge in [0, 0.05) is 45.8 Å². The highest BCUT2D eigenvalue weighted by Crippen LogP contribution is 2.05. The van der Waals surface area contributed by atoms with Gasteiger partial charge in [-0.3, -0.25) is 9.69 Å². The minimum atomic E-state index is -0.174. The molecule has 6 nitrogen and oxygen atoms in total. The minimum absolute atomic E-state index is 0.151. The lowest BCUT2D eigenvalue weighted by molar-refractivity contribution is -0.143. The largest absolute Gasteiger partial charge is 0.468 e. The first-order valence-corrected chi connectivity index (χ1v) is 7.97. The quantitative estimate of drug-likeness (QED) is 0.591. The zero-order chi connectivity index (χ0) is 15.7. The summed E-state index contributed by atoms with van der Waals surface area (Å²) in [6, 6.07) is -0.174. The summed E-state index contributed by atoms with van der Waals surface area (Å²) >= 11 is 0. The number of methoxy groups -OCH3 is 1. The standard InChI is InChI=1S/C15H32N4O2/c1-5-16-14(15(20)21-4)6-7-18-10-12-19(13-11-18)9-8-17(2)3/h14,16H,5-13H2,1-4H3. The molecule has 6 heteroatoms. The first kappa shape index (κ1) is 18.4. The third-order valence-electron chi connectivity index (χ3n) is 4.00. The van der Waals surface area contributed by atoms with Crippen molar-refractivity contribution in [1.82, 2.24) is 20.0 Å². The van der Waals surface area contributed by atoms with Gasteiger partial charge in [-0.2, -0.15) is 0 Å². The van der Waals surface area contributed by atoms with E-state index < -0.39 is 0 Å². The van der Waals surface area contributed by atoms with Crippen LogP contribution in [-0.2, 0) is 9.53 Å². The first-order valence-electron chi connectivity index (χ1n) is 7.97. The van der Waals surface area contributed by atoms with Crippen LogP contribution in [0.1, 0.15) is 13.3 Å². The van der Waals surface area contributed by atoms with E-state index >= 15 is 0 Å². The molecule has 1 unspecified atom stereocenters. The molecular weight excluding hydrogens is 268 g/mol. The minimum Gasteiger partial charge on any atom is -0.468 e. The molecule has 1 saturated heterocycles. The van der Waals surface area contributed by atoms with Gasteiger partial charge in [-0.25, -0.2) is 0 Å². The number of esters is 1. The van der Waals surface area contributed by atoms with E-state index in [1.54, 1.807) is 0 Å². The molecule has 1 aliphatic heterocycles. The van der Waals surface area contributed by atoms with Gasteiger partial charge in [0.1, 0.15) is 6.04 Å². The van der Waals surface area contributed by atoms with Crippen molar-refractivity contribution in [3.63, 3.8) is 0 Å². The molecule has 0 aromatic heterocycles. The van der Waals surface area contributed by atoms with Gasteiger partial charge in [-0.05, 0) is 27.1 Å². The number of rotatable bonds is 9. The summed E-state index contributed by atoms with van der Waals surface area (Å²) in [6.07, 6.45) is 0.818. The second-order valence-electron chi connectivity index (χ2n) is 5.91. The molecule has 0 spiro atoms. The van der Waals surface area contributed by atoms with Crippen molar-refractivity contribution in [1.29, 1.82) is 0 Å². The van der Waals surface area contributed by atoms with Gasteiger partial charge in [-0.1, -0.05) is 6.92 Å². The third-order valence-corrected chi connectivity index (χ3v) is 4.00. The Balaban J connectivity index is 2.23. The summed E-state index contributed by atoms with van der Waals surface area (Å²) in [4.78, 5) is 18.8. The van der Waals surface area contributed by atoms with Gasteiger partial charge in [0.05, 0.1) is 7.11 Å². The Labute approximate surface area is 129 Å². The van der Waals surface area contributed by atoms with Gasteiger partial charge in [0.15, 0.2) is 0 Å². The summed E-state index contributed by atoms with van der Waals surface area (Å²) in [5.74, 6) is -0.151. The molecule has 1 atom stereocenters. The molecular formula is C15H32N4O2. The fourth-order valence-electron chi connectivity index (χ4n) is 2.58. The number of hydrogen-bond donors (Lipinski definition) is 1. The van der Waals surface area contributed by atoms with E-state index in [9.17, 15) is 4.79 Å². The van der Waals surface area contributed by atoms with Crippen LogP contribution < -0.4 is 5.32 Å². The zero-order valence-corrected chi connectivity index (χ0v) is 14.1. The summed E-state index contributed by atoms with van der Waals surface area (Å²) in [5, 5.41) is 3.20. The summed E-state index contributed by atoms with van der Waals surface area (Å²) < 4.78 is 4.84. The van der Waals surface area contributed by atoms with Crippen LogP contribution in [0.4, 0.5) is 0 Å². The van der Waals surface area contributed by atoms with E-state index in [4.69, 9.17) is 4.74 Å². The van der Waals surface area contributed by atoms with E-state index in [1.807, 2.05) is 6.92 Å². The van der Waals surface area contributed by atoms with Gasteiger partial charge < -0.3 is 19.9 Å². The number of likely N-dealkylation sites (N-methyl/N-ethyl adjacent to an activating group) is 2. The predicted molar refractivity (Wildman–Crippen MR) is 85.5 cm³/mol. The molecule has 124 valence electrons. The van der Waals surface area contributed by atoms with E-state index in [2.05, 4.69) is 34.1 Å². The molecule has 1 fully saturated rings. The van der Waals surface area contributed by atoms with Crippen molar-refractivity contribution < 1.29 is 9.53 Å². The van der Waals surface area contributed by atoms with Crippen molar-refractivity contribution in [3.8, 4) is 0 Å². The van der Waals surface area contributed by atoms with Gasteiger partial charge in [0.2, 0.25) is 0 Å². The molecule has 0 aromatic rings. The van der Waals surface area contributed by atoms with Crippen molar-refractivity contribution in [2.24, 2.45) is 0 Å². The summed E-state index contributed by atoms with van der Waals surface area (Å²) in [5.41, 5.74) is 0. The van der Waals surface area contributed by atoms with Crippen LogP contribution >= 0.6 is 0 Å². The van der Waals surface area contributed by atoms with Crippen molar-refractivity contribution in [3.05, 3.63) is 0 Å². The van der Waals surface area contributed by atoms with Gasteiger partial charge >= 0.3 is 5.97 Å². The maximum atomic E-state index is 11.7. The Morgan fingerprint density at radius 3 is 2.24 bits per heavy atom. The van der Waals surface area contributed by atoms with Crippen LogP contribution in [0.2, 0.25) is 0 Å². The second-order valence-corrected chi connectivity index (χ2v) is 5.91. The molecule has 0 aliphatic carbocycles. The van der Waals surface area contributed by atoms with Crippen LogP contribution in [0.25, 0.3) is 0 Å². The number of nitrogens with one attached hydrogen (secondary N) is 1. The highest BCUT2D eigenvalue weighted by molar-refractivity contribution is 5.75. The maximum Gasteiger partial charge on any atom is 0.322 e. The summed E-state index contributed by atoms with van der Waals surface area (Å²) in [6.45, 7) is 10.4. The molecule has 0 radical (unpaired) electrons. The lowest BCUT2D eigenvalue weighted by Crippen LogP contribution is -2.49. The normalized spacial score (nSPS) is 18.9. The van der Waals surface area contributed by atoms with E-state index in [1.165, 1.54) is 7.11 Å². The Hall–Kier alpha value is -0.690. The smallest absolute Gasteiger partial charge is 0.322 e. The van der Waals surface area contributed by atoms with E-state index in [0.717, 1.165) is 58.8 Å². The molecule has 21 heavy (non-hydrogen) atoms. The maximum absolute atomic E-state index is 11.7. The second kappa shape index (κ2) is 10.1. The average molecular weight is 300 g/mol. The topological polar surface area (TPSA) is 48.0 Å². The lowest BCUT2D eigenvalue weighted by Gasteiger charge is -2.35. The van der Waals surface area contributed by atoms with Crippen LogP contribution in [0, 0.1) is 0 Å². The monoisotopic (exact) mass is 300 g/mol. The number of carbonyl (C=O) groups excluding carboxylic acids is 1. The molecule has 0 saturated carbocycles. The Morgan fingerprint density at radius 1 is 1.19 bits per heavy atom. The first-order chi connectivity index (χ1) is 10.1. The molecule has 1 aliphatic rings. The van der Waals surface area contributed by atoms with E-state index in [0.29, 0.717) is 0 Å². The molecule has 0 aromatic carbocycles. The predicted octanol–water partition coefficient (Wildman–Crippen LogP) is -0.293. The number of nitrogens with zero attached hydrogens (tertiary/aromatic N) is 3. The average Bonchev–Trinajstić information content (AvgIpc) is 2.49. The molecule has 0 bridgehead atoms. The lowest BCUT2D eigenvalue weighted by atomic mass is 10.2. The fourth-order valence-corrected chi connectivity index (χ4v) is 2.58. The van der Waals surface area contributed by atoms with Crippen LogP contribution in [0.5, 0.6) is 0 Å². The number of hydrogen-bond acceptors (Lipinski definition) is 6. The molecule has 1 heterocycles. The van der Waals surface area contributed by atoms with Crippen LogP contribution in [0.15, 0.2) is 0 Å². The SMILES string of the molecule is CCNC(CCN1CCN(CCN(C)C)CC1)C(=O)OC. The van der Waals surface area contributed by atoms with Crippen molar-refractivity contribution in [2.45, 2.75) is 19.4 Å². The van der Waals surface area contributed by atoms with Gasteiger partial charge in [-0.15, -0.1) is 0 Å². The molecule has 1 rings (SSSR count). The number of ether oxygens (including phenoxy) is 1. The highest BCUT2D eigenvalue weighted by atomic mass is 16.5. The Morgan fingerprint density at radius 2 is 1.76 bits per heavy atom. The number of carbonyl (C=O) groups is 1. The van der Waals surface area contributed by atoms with Crippen LogP contribution in [-0.4, -0.2) is 100 Å². The van der Waals surface area contributed by atoms with Crippen molar-refractivity contribution in [2.75, 3.05) is 73.6 Å². The molecule has 1 N–H and O–H groups in total. The third kappa shape index (κ3) is 7.22. The number of piperazine rings is 1. The van der Waals surface area contributed by atoms with Gasteiger partial charge in [0.25, 0.3) is 0 Å². The molecule has 0 amide bonds. The fraction of sp³-hybridized carbons (Fsp3) is 0.933. The Bertz CT molecular complexity index is 291. The highest BCUT2D eigenvalue weighted by Gasteiger charge is 2.21. The van der Waals surface area contributed by atoms with Crippen LogP contribution in [0.3, 0.4) is 0 Å². The summed E-state index contributed by atoms with van der Waals surface area (Å²) in [7, 11) is 5.68. The van der Waals surface area contributed by atoms with Crippen molar-refractivity contribution >= 4 is 5.97 Å². The Kier molecular flexibility index (Phi) is 8.84.